The van der Waals surface area contributed by atoms with Gasteiger partial charge >= 0.3 is 0 Å². The summed E-state index contributed by atoms with van der Waals surface area (Å²) < 4.78 is 31.3. The lowest BCUT2D eigenvalue weighted by molar-refractivity contribution is 0.323. The van der Waals surface area contributed by atoms with Crippen LogP contribution in [0.15, 0.2) is 42.5 Å². The van der Waals surface area contributed by atoms with E-state index in [1.54, 1.807) is 38.1 Å². The Bertz CT molecular complexity index is 1010. The summed E-state index contributed by atoms with van der Waals surface area (Å²) in [4.78, 5) is 0. The molecule has 2 heterocycles. The van der Waals surface area contributed by atoms with E-state index in [4.69, 9.17) is 14.2 Å². The number of halogens is 1. The molecule has 1 aromatic heterocycles. The lowest BCUT2D eigenvalue weighted by Crippen LogP contribution is -2.20. The maximum absolute atomic E-state index is 13.3. The number of nitrogens with one attached hydrogen (secondary N) is 1. The number of allylic oxidation sites excluding steroid dienone is 1. The van der Waals surface area contributed by atoms with Crippen LogP contribution >= 0.6 is 0 Å². The van der Waals surface area contributed by atoms with Gasteiger partial charge in [-0.1, -0.05) is 5.10 Å². The topological polar surface area (TPSA) is 83.3 Å². The molecule has 0 aliphatic carbocycles. The van der Waals surface area contributed by atoms with Crippen LogP contribution in [0.25, 0.3) is 5.70 Å². The summed E-state index contributed by atoms with van der Waals surface area (Å²) in [7, 11) is 4.67. The van der Waals surface area contributed by atoms with Crippen molar-refractivity contribution in [3.63, 3.8) is 0 Å². The molecule has 0 saturated heterocycles. The minimum Gasteiger partial charge on any atom is -0.493 e. The number of nitrogens with zero attached hydrogens (tertiary/aromatic N) is 4. The Hall–Kier alpha value is -3.62. The van der Waals surface area contributed by atoms with E-state index in [0.29, 0.717) is 23.2 Å². The number of anilines is 1. The van der Waals surface area contributed by atoms with Gasteiger partial charge in [0.15, 0.2) is 11.5 Å². The van der Waals surface area contributed by atoms with Crippen LogP contribution < -0.4 is 19.5 Å². The molecule has 0 bridgehead atoms. The zero-order chi connectivity index (χ0) is 19.7. The van der Waals surface area contributed by atoms with Crippen LogP contribution in [-0.2, 0) is 0 Å². The van der Waals surface area contributed by atoms with Gasteiger partial charge in [0.2, 0.25) is 11.7 Å². The Morgan fingerprint density at radius 1 is 1.00 bits per heavy atom. The van der Waals surface area contributed by atoms with Crippen molar-refractivity contribution in [2.24, 2.45) is 0 Å². The lowest BCUT2D eigenvalue weighted by Gasteiger charge is -2.24. The zero-order valence-electron chi connectivity index (χ0n) is 15.5. The first-order valence-electron chi connectivity index (χ1n) is 8.47. The maximum Gasteiger partial charge on any atom is 0.248 e. The highest BCUT2D eigenvalue weighted by molar-refractivity contribution is 5.77. The van der Waals surface area contributed by atoms with E-state index in [-0.39, 0.29) is 11.9 Å². The highest BCUT2D eigenvalue weighted by Crippen LogP contribution is 2.42. The largest absolute Gasteiger partial charge is 0.493 e. The highest BCUT2D eigenvalue weighted by atomic mass is 19.1. The van der Waals surface area contributed by atoms with Crippen LogP contribution in [0.2, 0.25) is 0 Å². The molecule has 2 aromatic carbocycles. The molecule has 1 aliphatic heterocycles. The monoisotopic (exact) mass is 383 g/mol. The Morgan fingerprint density at radius 3 is 2.29 bits per heavy atom. The molecule has 0 fully saturated rings. The van der Waals surface area contributed by atoms with Crippen molar-refractivity contribution >= 4 is 11.6 Å². The molecule has 9 heteroatoms. The average molecular weight is 383 g/mol. The minimum atomic E-state index is -0.333. The molecular weight excluding hydrogens is 365 g/mol. The van der Waals surface area contributed by atoms with E-state index >= 15 is 0 Å². The van der Waals surface area contributed by atoms with Crippen molar-refractivity contribution < 1.29 is 18.6 Å². The van der Waals surface area contributed by atoms with Crippen molar-refractivity contribution in [1.29, 1.82) is 0 Å². The first-order chi connectivity index (χ1) is 13.6. The van der Waals surface area contributed by atoms with Crippen LogP contribution in [0.4, 0.5) is 10.3 Å². The number of ether oxygens (including phenoxy) is 3. The second-order valence-corrected chi connectivity index (χ2v) is 6.06. The van der Waals surface area contributed by atoms with Crippen LogP contribution in [0.5, 0.6) is 17.2 Å². The summed E-state index contributed by atoms with van der Waals surface area (Å²) in [6.45, 7) is 0. The molecule has 3 aromatic rings. The molecular formula is C19H18FN5O3. The number of aromatic nitrogens is 4. The zero-order valence-corrected chi connectivity index (χ0v) is 15.5. The van der Waals surface area contributed by atoms with Crippen LogP contribution in [0.1, 0.15) is 17.2 Å². The minimum absolute atomic E-state index is 0.300. The van der Waals surface area contributed by atoms with Gasteiger partial charge in [-0.25, -0.2) is 4.39 Å². The van der Waals surface area contributed by atoms with Crippen LogP contribution in [0.3, 0.4) is 0 Å². The van der Waals surface area contributed by atoms with Crippen LogP contribution in [-0.4, -0.2) is 41.5 Å². The predicted molar refractivity (Wildman–Crippen MR) is 100 cm³/mol. The lowest BCUT2D eigenvalue weighted by atomic mass is 10.0. The maximum atomic E-state index is 13.3. The molecule has 1 aliphatic rings. The van der Waals surface area contributed by atoms with E-state index in [1.165, 1.54) is 12.1 Å². The Labute approximate surface area is 160 Å². The molecule has 0 radical (unpaired) electrons. The molecule has 0 spiro atoms. The molecule has 28 heavy (non-hydrogen) atoms. The van der Waals surface area contributed by atoms with Gasteiger partial charge in [-0.15, -0.1) is 0 Å². The van der Waals surface area contributed by atoms with Crippen molar-refractivity contribution in [3.8, 4) is 17.2 Å². The Balaban J connectivity index is 1.84. The van der Waals surface area contributed by atoms with Crippen molar-refractivity contribution in [2.45, 2.75) is 6.04 Å². The summed E-state index contributed by atoms with van der Waals surface area (Å²) in [5.74, 6) is 1.73. The quantitative estimate of drug-likeness (QED) is 0.725. The van der Waals surface area contributed by atoms with Gasteiger partial charge < -0.3 is 19.5 Å². The van der Waals surface area contributed by atoms with E-state index in [0.717, 1.165) is 16.8 Å². The standard InChI is InChI=1S/C19H18FN5O3/c1-26-16-8-12(9-17(27-2)18(16)28-3)15-10-14(11-4-6-13(20)7-5-11)21-19-22-23-24-25(15)19/h4-10,15H,1-3H3,(H,21,22,24)/t15-/m1/s1. The number of hydrogen-bond acceptors (Lipinski definition) is 7. The molecule has 0 unspecified atom stereocenters. The fourth-order valence-corrected chi connectivity index (χ4v) is 3.16. The van der Waals surface area contributed by atoms with Gasteiger partial charge in [0.1, 0.15) is 11.9 Å². The van der Waals surface area contributed by atoms with Crippen molar-refractivity contribution in [2.75, 3.05) is 26.6 Å². The number of benzene rings is 2. The summed E-state index contributed by atoms with van der Waals surface area (Å²) >= 11 is 0. The number of rotatable bonds is 5. The number of fused-ring (bicyclic) bond motifs is 1. The summed E-state index contributed by atoms with van der Waals surface area (Å²) in [6.07, 6.45) is 1.96. The third-order valence-electron chi connectivity index (χ3n) is 4.51. The van der Waals surface area contributed by atoms with Gasteiger partial charge in [0.25, 0.3) is 0 Å². The molecule has 8 nitrogen and oxygen atoms in total. The third-order valence-corrected chi connectivity index (χ3v) is 4.51. The fourth-order valence-electron chi connectivity index (χ4n) is 3.16. The highest BCUT2D eigenvalue weighted by Gasteiger charge is 2.26. The predicted octanol–water partition coefficient (Wildman–Crippen LogP) is 2.89. The smallest absolute Gasteiger partial charge is 0.248 e. The summed E-state index contributed by atoms with van der Waals surface area (Å²) in [5, 5.41) is 15.1. The molecule has 0 amide bonds. The molecule has 4 rings (SSSR count). The van der Waals surface area contributed by atoms with Crippen LogP contribution in [0, 0.1) is 5.82 Å². The van der Waals surface area contributed by atoms with Crippen molar-refractivity contribution in [1.82, 2.24) is 20.2 Å². The number of methoxy groups -OCH3 is 3. The SMILES string of the molecule is COc1cc([C@H]2C=C(c3ccc(F)cc3)Nc3nnnn32)cc(OC)c1OC. The van der Waals surface area contributed by atoms with Gasteiger partial charge in [-0.05, 0) is 64.0 Å². The van der Waals surface area contributed by atoms with E-state index in [9.17, 15) is 4.39 Å². The second kappa shape index (κ2) is 7.18. The summed E-state index contributed by atoms with van der Waals surface area (Å²) in [6, 6.07) is 9.57. The fraction of sp³-hybridized carbons (Fsp3) is 0.211. The summed E-state index contributed by atoms with van der Waals surface area (Å²) in [5.41, 5.74) is 2.42. The second-order valence-electron chi connectivity index (χ2n) is 6.06. The molecule has 0 saturated carbocycles. The van der Waals surface area contributed by atoms with E-state index in [1.807, 2.05) is 18.2 Å². The number of tetrazole rings is 1. The molecule has 144 valence electrons. The molecule has 1 N–H and O–H groups in total. The Kier molecular flexibility index (Phi) is 4.56. The Morgan fingerprint density at radius 2 is 1.68 bits per heavy atom. The van der Waals surface area contributed by atoms with Gasteiger partial charge in [-0.2, -0.15) is 4.68 Å². The molecule has 1 atom stereocenters. The van der Waals surface area contributed by atoms with Crippen molar-refractivity contribution in [3.05, 3.63) is 59.4 Å². The number of hydrogen-bond donors (Lipinski definition) is 1. The van der Waals surface area contributed by atoms with Gasteiger partial charge in [-0.3, -0.25) is 0 Å². The normalized spacial score (nSPS) is 15.3. The average Bonchev–Trinajstić information content (AvgIpc) is 3.21. The van der Waals surface area contributed by atoms with E-state index in [2.05, 4.69) is 20.8 Å². The first kappa shape index (κ1) is 17.8. The van der Waals surface area contributed by atoms with Gasteiger partial charge in [0, 0.05) is 5.70 Å². The first-order valence-corrected chi connectivity index (χ1v) is 8.47. The van der Waals surface area contributed by atoms with Gasteiger partial charge in [0.05, 0.1) is 21.3 Å². The van der Waals surface area contributed by atoms with E-state index < -0.39 is 0 Å². The third kappa shape index (κ3) is 3.00.